The zero-order valence-corrected chi connectivity index (χ0v) is 17.8. The highest BCUT2D eigenvalue weighted by molar-refractivity contribution is 7.89. The molecule has 0 amide bonds. The van der Waals surface area contributed by atoms with Gasteiger partial charge in [-0.05, 0) is 64.3 Å². The minimum Gasteiger partial charge on any atom is -0.466 e. The monoisotopic (exact) mass is 421 g/mol. The molecule has 9 heteroatoms. The van der Waals surface area contributed by atoms with Crippen molar-refractivity contribution in [1.29, 1.82) is 0 Å². The fourth-order valence-corrected chi connectivity index (χ4v) is 5.11. The number of sulfonamides is 1. The van der Waals surface area contributed by atoms with E-state index < -0.39 is 14.9 Å². The number of furan rings is 1. The SMILES string of the molecule is Cc1cc(CN2CCC(CNS(=O)(=O)c3cc([N+](=O)[O-])ccc3C)CC2)c(C)o1. The molecule has 2 aromatic rings. The van der Waals surface area contributed by atoms with Crippen LogP contribution in [0.15, 0.2) is 33.6 Å². The third kappa shape index (κ3) is 5.23. The summed E-state index contributed by atoms with van der Waals surface area (Å²) in [5, 5.41) is 11.0. The number of rotatable bonds is 7. The first-order chi connectivity index (χ1) is 13.7. The van der Waals surface area contributed by atoms with Crippen LogP contribution < -0.4 is 4.72 Å². The molecule has 29 heavy (non-hydrogen) atoms. The predicted octanol–water partition coefficient (Wildman–Crippen LogP) is 3.30. The number of hydrogen-bond acceptors (Lipinski definition) is 6. The molecule has 0 aliphatic carbocycles. The third-order valence-electron chi connectivity index (χ3n) is 5.48. The van der Waals surface area contributed by atoms with Gasteiger partial charge in [-0.15, -0.1) is 0 Å². The van der Waals surface area contributed by atoms with Gasteiger partial charge in [-0.25, -0.2) is 13.1 Å². The molecule has 3 rings (SSSR count). The Kier molecular flexibility index (Phi) is 6.40. The van der Waals surface area contributed by atoms with E-state index in [1.54, 1.807) is 6.92 Å². The second-order valence-corrected chi connectivity index (χ2v) is 9.45. The second kappa shape index (κ2) is 8.64. The van der Waals surface area contributed by atoms with Gasteiger partial charge >= 0.3 is 0 Å². The van der Waals surface area contributed by atoms with Crippen molar-refractivity contribution in [2.45, 2.75) is 45.1 Å². The first-order valence-corrected chi connectivity index (χ1v) is 11.2. The highest BCUT2D eigenvalue weighted by Crippen LogP contribution is 2.24. The van der Waals surface area contributed by atoms with E-state index in [2.05, 4.69) is 15.7 Å². The molecule has 0 spiro atoms. The molecule has 0 bridgehead atoms. The Morgan fingerprint density at radius 2 is 1.90 bits per heavy atom. The van der Waals surface area contributed by atoms with Crippen molar-refractivity contribution < 1.29 is 17.8 Å². The quantitative estimate of drug-likeness (QED) is 0.543. The molecule has 2 heterocycles. The van der Waals surface area contributed by atoms with Gasteiger partial charge in [0.1, 0.15) is 11.5 Å². The number of piperidine rings is 1. The van der Waals surface area contributed by atoms with Gasteiger partial charge in [0.2, 0.25) is 10.0 Å². The summed E-state index contributed by atoms with van der Waals surface area (Å²) in [5.41, 5.74) is 1.46. The summed E-state index contributed by atoms with van der Waals surface area (Å²) in [5.74, 6) is 2.11. The van der Waals surface area contributed by atoms with Crippen LogP contribution in [-0.2, 0) is 16.6 Å². The fraction of sp³-hybridized carbons (Fsp3) is 0.500. The van der Waals surface area contributed by atoms with E-state index in [4.69, 9.17) is 4.42 Å². The number of hydrogen-bond donors (Lipinski definition) is 1. The maximum Gasteiger partial charge on any atom is 0.270 e. The average Bonchev–Trinajstić information content (AvgIpc) is 2.98. The summed E-state index contributed by atoms with van der Waals surface area (Å²) >= 11 is 0. The van der Waals surface area contributed by atoms with E-state index in [9.17, 15) is 18.5 Å². The molecule has 1 aromatic carbocycles. The summed E-state index contributed by atoms with van der Waals surface area (Å²) in [7, 11) is -3.79. The zero-order valence-electron chi connectivity index (χ0n) is 17.0. The Labute approximate surface area is 171 Å². The van der Waals surface area contributed by atoms with Crippen LogP contribution in [0.4, 0.5) is 5.69 Å². The molecule has 1 aromatic heterocycles. The molecular formula is C20H27N3O5S. The van der Waals surface area contributed by atoms with E-state index in [0.29, 0.717) is 12.1 Å². The van der Waals surface area contributed by atoms with Gasteiger partial charge in [-0.3, -0.25) is 15.0 Å². The summed E-state index contributed by atoms with van der Waals surface area (Å²) in [4.78, 5) is 12.7. The molecule has 0 unspecified atom stereocenters. The van der Waals surface area contributed by atoms with Crippen molar-refractivity contribution in [3.63, 3.8) is 0 Å². The molecule has 1 fully saturated rings. The van der Waals surface area contributed by atoms with Gasteiger partial charge in [0.05, 0.1) is 9.82 Å². The van der Waals surface area contributed by atoms with Crippen LogP contribution in [0.3, 0.4) is 0 Å². The number of benzene rings is 1. The van der Waals surface area contributed by atoms with E-state index in [1.165, 1.54) is 17.7 Å². The van der Waals surface area contributed by atoms with Gasteiger partial charge in [0, 0.05) is 30.8 Å². The Bertz CT molecular complexity index is 992. The molecule has 8 nitrogen and oxygen atoms in total. The minimum atomic E-state index is -3.79. The highest BCUT2D eigenvalue weighted by atomic mass is 32.2. The summed E-state index contributed by atoms with van der Waals surface area (Å²) < 4.78 is 33.6. The Hall–Kier alpha value is -2.23. The summed E-state index contributed by atoms with van der Waals surface area (Å²) in [6.07, 6.45) is 1.79. The molecule has 0 atom stereocenters. The Balaban J connectivity index is 1.55. The topological polar surface area (TPSA) is 106 Å². The Morgan fingerprint density at radius 1 is 1.21 bits per heavy atom. The molecule has 1 N–H and O–H groups in total. The van der Waals surface area contributed by atoms with Crippen molar-refractivity contribution in [3.8, 4) is 0 Å². The van der Waals surface area contributed by atoms with Gasteiger partial charge in [-0.2, -0.15) is 0 Å². The lowest BCUT2D eigenvalue weighted by Crippen LogP contribution is -2.38. The molecule has 1 aliphatic heterocycles. The summed E-state index contributed by atoms with van der Waals surface area (Å²) in [6.45, 7) is 8.52. The van der Waals surface area contributed by atoms with E-state index in [-0.39, 0.29) is 16.5 Å². The van der Waals surface area contributed by atoms with E-state index >= 15 is 0 Å². The number of nitrogens with zero attached hydrogens (tertiary/aromatic N) is 2. The average molecular weight is 422 g/mol. The molecular weight excluding hydrogens is 394 g/mol. The predicted molar refractivity (Wildman–Crippen MR) is 109 cm³/mol. The van der Waals surface area contributed by atoms with Crippen molar-refractivity contribution >= 4 is 15.7 Å². The number of aryl methyl sites for hydroxylation is 3. The maximum absolute atomic E-state index is 12.7. The number of nitro benzene ring substituents is 1. The lowest BCUT2D eigenvalue weighted by Gasteiger charge is -2.31. The van der Waals surface area contributed by atoms with Crippen LogP contribution >= 0.6 is 0 Å². The van der Waals surface area contributed by atoms with E-state index in [1.807, 2.05) is 13.8 Å². The van der Waals surface area contributed by atoms with Gasteiger partial charge in [0.15, 0.2) is 0 Å². The van der Waals surface area contributed by atoms with Crippen molar-refractivity contribution in [2.75, 3.05) is 19.6 Å². The Morgan fingerprint density at radius 3 is 2.48 bits per heavy atom. The molecule has 0 saturated carbocycles. The summed E-state index contributed by atoms with van der Waals surface area (Å²) in [6, 6.07) is 5.96. The van der Waals surface area contributed by atoms with Crippen LogP contribution in [0.25, 0.3) is 0 Å². The smallest absolute Gasteiger partial charge is 0.270 e. The number of non-ortho nitro benzene ring substituents is 1. The third-order valence-corrected chi connectivity index (χ3v) is 7.04. The van der Waals surface area contributed by atoms with Crippen LogP contribution in [0.2, 0.25) is 0 Å². The lowest BCUT2D eigenvalue weighted by molar-refractivity contribution is -0.385. The van der Waals surface area contributed by atoms with Crippen LogP contribution in [0.1, 0.15) is 35.5 Å². The fourth-order valence-electron chi connectivity index (χ4n) is 3.73. The second-order valence-electron chi connectivity index (χ2n) is 7.72. The van der Waals surface area contributed by atoms with Crippen molar-refractivity contribution in [3.05, 3.63) is 57.0 Å². The van der Waals surface area contributed by atoms with Crippen molar-refractivity contribution in [2.24, 2.45) is 5.92 Å². The normalized spacial score (nSPS) is 16.2. The first-order valence-electron chi connectivity index (χ1n) is 9.68. The van der Waals surface area contributed by atoms with Crippen LogP contribution in [-0.4, -0.2) is 37.9 Å². The zero-order chi connectivity index (χ0) is 21.2. The lowest BCUT2D eigenvalue weighted by atomic mass is 9.97. The number of nitrogens with one attached hydrogen (secondary N) is 1. The molecule has 158 valence electrons. The standard InChI is InChI=1S/C20H27N3O5S/c1-14-4-5-19(23(24)25)11-20(14)29(26,27)21-12-17-6-8-22(9-7-17)13-18-10-15(2)28-16(18)3/h4-5,10-11,17,21H,6-9,12-13H2,1-3H3. The van der Waals surface area contributed by atoms with Crippen molar-refractivity contribution in [1.82, 2.24) is 9.62 Å². The van der Waals surface area contributed by atoms with Crippen LogP contribution in [0, 0.1) is 36.8 Å². The highest BCUT2D eigenvalue weighted by Gasteiger charge is 2.24. The minimum absolute atomic E-state index is 0.0325. The number of likely N-dealkylation sites (tertiary alicyclic amines) is 1. The molecule has 0 radical (unpaired) electrons. The molecule has 1 aliphatic rings. The number of nitro groups is 1. The first kappa shape index (κ1) is 21.5. The maximum atomic E-state index is 12.7. The molecule has 1 saturated heterocycles. The van der Waals surface area contributed by atoms with Crippen LogP contribution in [0.5, 0.6) is 0 Å². The largest absolute Gasteiger partial charge is 0.466 e. The van der Waals surface area contributed by atoms with Gasteiger partial charge < -0.3 is 4.42 Å². The van der Waals surface area contributed by atoms with Gasteiger partial charge in [-0.1, -0.05) is 6.07 Å². The van der Waals surface area contributed by atoms with E-state index in [0.717, 1.165) is 50.1 Å². The van der Waals surface area contributed by atoms with Gasteiger partial charge in [0.25, 0.3) is 5.69 Å².